The number of imidazole rings is 1. The highest BCUT2D eigenvalue weighted by molar-refractivity contribution is 7.51. The van der Waals surface area contributed by atoms with Crippen LogP contribution >= 0.6 is 7.75 Å². The van der Waals surface area contributed by atoms with E-state index in [1.54, 1.807) is 37.3 Å². The zero-order chi connectivity index (χ0) is 25.4. The minimum Gasteiger partial charge on any atom is -0.413 e. The zero-order valence-corrected chi connectivity index (χ0v) is 20.9. The Kier molecular flexibility index (Phi) is 7.12. The molecule has 190 valence electrons. The van der Waals surface area contributed by atoms with E-state index < -0.39 is 38.5 Å². The smallest absolute Gasteiger partial charge is 0.413 e. The third-order valence-corrected chi connectivity index (χ3v) is 6.77. The van der Waals surface area contributed by atoms with E-state index in [1.165, 1.54) is 17.8 Å². The van der Waals surface area contributed by atoms with Gasteiger partial charge in [-0.1, -0.05) is 25.1 Å². The molecule has 1 aromatic carbocycles. The van der Waals surface area contributed by atoms with Crippen molar-refractivity contribution < 1.29 is 27.8 Å². The highest BCUT2D eigenvalue weighted by atomic mass is 31.2. The lowest BCUT2D eigenvalue weighted by Crippen LogP contribution is -2.40. The number of aromatic nitrogens is 4. The lowest BCUT2D eigenvalue weighted by atomic mass is 9.98. The maximum atomic E-state index is 15.8. The van der Waals surface area contributed by atoms with Crippen molar-refractivity contribution in [3.63, 3.8) is 0 Å². The first-order valence-electron chi connectivity index (χ1n) is 11.3. The van der Waals surface area contributed by atoms with Crippen LogP contribution in [-0.4, -0.2) is 62.7 Å². The molecule has 3 heterocycles. The highest BCUT2D eigenvalue weighted by Gasteiger charge is 2.55. The van der Waals surface area contributed by atoms with E-state index >= 15 is 4.39 Å². The molecule has 1 aliphatic rings. The highest BCUT2D eigenvalue weighted by Crippen LogP contribution is 2.45. The van der Waals surface area contributed by atoms with E-state index in [9.17, 15) is 9.67 Å². The van der Waals surface area contributed by atoms with Crippen molar-refractivity contribution in [3.8, 4) is 5.75 Å². The van der Waals surface area contributed by atoms with Gasteiger partial charge < -0.3 is 19.3 Å². The van der Waals surface area contributed by atoms with Crippen molar-refractivity contribution in [2.45, 2.75) is 51.3 Å². The predicted octanol–water partition coefficient (Wildman–Crippen LogP) is 3.13. The lowest BCUT2D eigenvalue weighted by Gasteiger charge is -2.25. The van der Waals surface area contributed by atoms with E-state index in [4.69, 9.17) is 19.3 Å². The van der Waals surface area contributed by atoms with E-state index in [0.717, 1.165) is 13.0 Å². The molecule has 0 spiro atoms. The van der Waals surface area contributed by atoms with Gasteiger partial charge in [0.15, 0.2) is 28.9 Å². The summed E-state index contributed by atoms with van der Waals surface area (Å²) in [6.07, 6.45) is -1.74. The van der Waals surface area contributed by atoms with Crippen molar-refractivity contribution >= 4 is 24.7 Å². The molecule has 0 amide bonds. The Labute approximate surface area is 202 Å². The number of nitrogens with two attached hydrogens (primary N) is 1. The SMILES string of the molecule is CCCN(C)c1nc(C)nc2c1ncn2[C@@H]1O[C@H](COP(N)(=O)Oc2ccccc2)[C@@H](O)[C@@]1(C)F. The van der Waals surface area contributed by atoms with Crippen LogP contribution in [0.4, 0.5) is 10.2 Å². The molecule has 1 aliphatic heterocycles. The van der Waals surface area contributed by atoms with Crippen LogP contribution < -0.4 is 14.9 Å². The molecular weight excluding hydrogens is 478 g/mol. The number of hydrogen-bond donors (Lipinski definition) is 2. The summed E-state index contributed by atoms with van der Waals surface area (Å²) in [5.41, 5.74) is 4.29. The van der Waals surface area contributed by atoms with E-state index in [0.29, 0.717) is 22.8 Å². The van der Waals surface area contributed by atoms with Crippen molar-refractivity contribution in [2.75, 3.05) is 25.1 Å². The average molecular weight is 508 g/mol. The Morgan fingerprint density at radius 1 is 1.34 bits per heavy atom. The summed E-state index contributed by atoms with van der Waals surface area (Å²) >= 11 is 0. The number of aliphatic hydroxyl groups excluding tert-OH is 1. The van der Waals surface area contributed by atoms with Gasteiger partial charge in [0.2, 0.25) is 0 Å². The number of ether oxygens (including phenoxy) is 1. The third kappa shape index (κ3) is 5.17. The number of rotatable bonds is 9. The Bertz CT molecular complexity index is 1230. The minimum atomic E-state index is -4.04. The largest absolute Gasteiger partial charge is 0.456 e. The molecule has 13 heteroatoms. The molecule has 0 radical (unpaired) electrons. The van der Waals surface area contributed by atoms with Gasteiger partial charge in [0.05, 0.1) is 12.9 Å². The van der Waals surface area contributed by atoms with Crippen LogP contribution in [0.3, 0.4) is 0 Å². The van der Waals surface area contributed by atoms with Crippen LogP contribution in [0.5, 0.6) is 5.75 Å². The Balaban J connectivity index is 1.56. The molecule has 11 nitrogen and oxygen atoms in total. The molecule has 1 fully saturated rings. The molecule has 35 heavy (non-hydrogen) atoms. The monoisotopic (exact) mass is 508 g/mol. The van der Waals surface area contributed by atoms with Gasteiger partial charge in [-0.15, -0.1) is 0 Å². The molecule has 0 bridgehead atoms. The van der Waals surface area contributed by atoms with Crippen molar-refractivity contribution in [2.24, 2.45) is 5.50 Å². The topological polar surface area (TPSA) is 138 Å². The molecular formula is C22H30FN6O5P. The average Bonchev–Trinajstić information content (AvgIpc) is 3.30. The van der Waals surface area contributed by atoms with E-state index in [1.807, 2.05) is 11.9 Å². The Hall–Kier alpha value is -2.63. The normalized spacial score (nSPS) is 26.1. The molecule has 0 aliphatic carbocycles. The third-order valence-electron chi connectivity index (χ3n) is 5.80. The number of anilines is 1. The Morgan fingerprint density at radius 3 is 2.74 bits per heavy atom. The van der Waals surface area contributed by atoms with E-state index in [2.05, 4.69) is 21.9 Å². The molecule has 3 N–H and O–H groups in total. The van der Waals surface area contributed by atoms with Gasteiger partial charge >= 0.3 is 7.75 Å². The van der Waals surface area contributed by atoms with Gasteiger partial charge in [0.25, 0.3) is 0 Å². The first-order chi connectivity index (χ1) is 16.5. The number of para-hydroxylation sites is 1. The summed E-state index contributed by atoms with van der Waals surface area (Å²) in [7, 11) is -2.15. The molecule has 4 rings (SSSR count). The lowest BCUT2D eigenvalue weighted by molar-refractivity contribution is -0.0545. The summed E-state index contributed by atoms with van der Waals surface area (Å²) < 4.78 is 46.1. The summed E-state index contributed by atoms with van der Waals surface area (Å²) in [6.45, 7) is 5.30. The minimum absolute atomic E-state index is 0.253. The fourth-order valence-electron chi connectivity index (χ4n) is 4.07. The Morgan fingerprint density at radius 2 is 2.06 bits per heavy atom. The second-order valence-electron chi connectivity index (χ2n) is 8.70. The second-order valence-corrected chi connectivity index (χ2v) is 10.2. The maximum Gasteiger partial charge on any atom is 0.456 e. The molecule has 3 aromatic rings. The van der Waals surface area contributed by atoms with Crippen LogP contribution in [0.2, 0.25) is 0 Å². The van der Waals surface area contributed by atoms with Crippen molar-refractivity contribution in [3.05, 3.63) is 42.5 Å². The maximum absolute atomic E-state index is 15.8. The van der Waals surface area contributed by atoms with Gasteiger partial charge in [0.1, 0.15) is 23.8 Å². The summed E-state index contributed by atoms with van der Waals surface area (Å²) in [5.74, 6) is 1.36. The van der Waals surface area contributed by atoms with E-state index in [-0.39, 0.29) is 5.75 Å². The number of hydrogen-bond acceptors (Lipinski definition) is 9. The van der Waals surface area contributed by atoms with Gasteiger partial charge in [-0.2, -0.15) is 0 Å². The van der Waals surface area contributed by atoms with Gasteiger partial charge in [-0.25, -0.2) is 29.4 Å². The van der Waals surface area contributed by atoms with Crippen LogP contribution in [0.25, 0.3) is 11.2 Å². The standard InChI is InChI=1S/C22H30FN6O5P/c1-5-11-28(4)19-17-20(27-14(2)26-19)29(13-25-17)21-22(3,23)18(30)16(33-21)12-32-35(24,31)34-15-9-7-6-8-10-15/h6-10,13,16,18,21,30H,5,11-12H2,1-4H3,(H2,24,31)/t16-,18-,21-,22-,35?/m1/s1. The summed E-state index contributed by atoms with van der Waals surface area (Å²) in [6, 6.07) is 8.27. The quantitative estimate of drug-likeness (QED) is 0.415. The van der Waals surface area contributed by atoms with Gasteiger partial charge in [0, 0.05) is 13.6 Å². The number of benzene rings is 1. The van der Waals surface area contributed by atoms with Gasteiger partial charge in [-0.05, 0) is 32.4 Å². The number of alkyl halides is 1. The first kappa shape index (κ1) is 25.5. The molecule has 5 atom stereocenters. The molecule has 0 saturated carbocycles. The summed E-state index contributed by atoms with van der Waals surface area (Å²) in [4.78, 5) is 15.3. The molecule has 2 aromatic heterocycles. The number of aryl methyl sites for hydroxylation is 1. The van der Waals surface area contributed by atoms with Crippen molar-refractivity contribution in [1.29, 1.82) is 0 Å². The number of aliphatic hydroxyl groups is 1. The second kappa shape index (κ2) is 9.79. The fraction of sp³-hybridized carbons (Fsp3) is 0.500. The van der Waals surface area contributed by atoms with Crippen molar-refractivity contribution in [1.82, 2.24) is 19.5 Å². The van der Waals surface area contributed by atoms with Crippen LogP contribution in [-0.2, 0) is 13.8 Å². The van der Waals surface area contributed by atoms with Gasteiger partial charge in [-0.3, -0.25) is 9.09 Å². The summed E-state index contributed by atoms with van der Waals surface area (Å²) in [5, 5.41) is 10.7. The zero-order valence-electron chi connectivity index (χ0n) is 20.0. The predicted molar refractivity (Wildman–Crippen MR) is 128 cm³/mol. The fourth-order valence-corrected chi connectivity index (χ4v) is 4.89. The number of nitrogens with zero attached hydrogens (tertiary/aromatic N) is 5. The molecule has 1 saturated heterocycles. The first-order valence-corrected chi connectivity index (χ1v) is 12.9. The van der Waals surface area contributed by atoms with Crippen LogP contribution in [0.1, 0.15) is 32.3 Å². The van der Waals surface area contributed by atoms with Crippen LogP contribution in [0.15, 0.2) is 36.7 Å². The number of halogens is 1. The van der Waals surface area contributed by atoms with Crippen LogP contribution in [0, 0.1) is 6.92 Å². The molecule has 1 unspecified atom stereocenters. The number of fused-ring (bicyclic) bond motifs is 1.